The van der Waals surface area contributed by atoms with E-state index in [-0.39, 0.29) is 39.3 Å². The van der Waals surface area contributed by atoms with Crippen molar-refractivity contribution in [2.24, 2.45) is 0 Å². The number of nitrogens with zero attached hydrogens (tertiary/aromatic N) is 2. The van der Waals surface area contributed by atoms with Crippen LogP contribution in [0.3, 0.4) is 0 Å². The van der Waals surface area contributed by atoms with E-state index in [2.05, 4.69) is 4.98 Å². The molecule has 1 atom stereocenters. The van der Waals surface area contributed by atoms with Gasteiger partial charge in [0.25, 0.3) is 5.78 Å². The molecule has 1 aromatic heterocycles. The van der Waals surface area contributed by atoms with Gasteiger partial charge in [0.1, 0.15) is 23.9 Å². The number of esters is 1. The molecule has 1 amide bonds. The van der Waals surface area contributed by atoms with Crippen LogP contribution < -0.4 is 19.1 Å². The molecule has 0 saturated carbocycles. The van der Waals surface area contributed by atoms with Crippen LogP contribution in [0, 0.1) is 6.92 Å². The van der Waals surface area contributed by atoms with Gasteiger partial charge in [-0.25, -0.2) is 9.78 Å². The molecule has 2 aromatic carbocycles. The SMILES string of the molecule is CCOC(=O)c1sc(N2C(=O)C(=O)/C(=C(/O)c3ccc4c(c3)OCCO4)C2c2ccc(O)c(OC)c2)nc1C. The van der Waals surface area contributed by atoms with Gasteiger partial charge in [-0.05, 0) is 49.7 Å². The van der Waals surface area contributed by atoms with Crippen LogP contribution in [0.25, 0.3) is 5.76 Å². The number of aromatic hydroxyl groups is 1. The van der Waals surface area contributed by atoms with Crippen molar-refractivity contribution >= 4 is 39.9 Å². The zero-order chi connectivity index (χ0) is 27.8. The third-order valence-corrected chi connectivity index (χ3v) is 7.37. The number of carbonyl (C=O) groups excluding carboxylic acids is 3. The number of Topliss-reactive ketones (excluding diaryl/α,β-unsaturated/α-hetero) is 1. The summed E-state index contributed by atoms with van der Waals surface area (Å²) >= 11 is 0.896. The number of ketones is 1. The lowest BCUT2D eigenvalue weighted by molar-refractivity contribution is -0.132. The van der Waals surface area contributed by atoms with E-state index in [0.29, 0.717) is 36.0 Å². The average Bonchev–Trinajstić information content (AvgIpc) is 3.44. The molecule has 202 valence electrons. The van der Waals surface area contributed by atoms with E-state index in [1.807, 2.05) is 0 Å². The van der Waals surface area contributed by atoms with Crippen LogP contribution >= 0.6 is 11.3 Å². The molecule has 2 N–H and O–H groups in total. The van der Waals surface area contributed by atoms with Crippen LogP contribution in [0.1, 0.15) is 39.5 Å². The number of hydrogen-bond donors (Lipinski definition) is 2. The van der Waals surface area contributed by atoms with Crippen molar-refractivity contribution in [3.8, 4) is 23.0 Å². The molecular weight excluding hydrogens is 528 g/mol. The first-order valence-electron chi connectivity index (χ1n) is 12.0. The molecule has 0 bridgehead atoms. The maximum absolute atomic E-state index is 13.5. The number of aliphatic hydroxyl groups excluding tert-OH is 1. The van der Waals surface area contributed by atoms with E-state index in [1.165, 1.54) is 31.4 Å². The van der Waals surface area contributed by atoms with E-state index in [9.17, 15) is 24.6 Å². The number of phenols is 1. The van der Waals surface area contributed by atoms with Crippen LogP contribution in [0.5, 0.6) is 23.0 Å². The molecule has 3 aromatic rings. The summed E-state index contributed by atoms with van der Waals surface area (Å²) in [5.41, 5.74) is 0.697. The Morgan fingerprint density at radius 1 is 1.15 bits per heavy atom. The Morgan fingerprint density at radius 2 is 1.90 bits per heavy atom. The molecule has 2 aliphatic rings. The summed E-state index contributed by atoms with van der Waals surface area (Å²) in [5, 5.41) is 21.6. The highest BCUT2D eigenvalue weighted by Crippen LogP contribution is 2.46. The number of aryl methyl sites for hydroxylation is 1. The van der Waals surface area contributed by atoms with Crippen molar-refractivity contribution in [2.75, 3.05) is 31.8 Å². The monoisotopic (exact) mass is 552 g/mol. The molecule has 1 fully saturated rings. The number of benzene rings is 2. The maximum Gasteiger partial charge on any atom is 0.350 e. The second-order valence-corrected chi connectivity index (χ2v) is 9.57. The molecule has 3 heterocycles. The van der Waals surface area contributed by atoms with Crippen molar-refractivity contribution in [3.05, 3.63) is 63.7 Å². The van der Waals surface area contributed by atoms with Gasteiger partial charge in [-0.3, -0.25) is 14.5 Å². The van der Waals surface area contributed by atoms with Crippen molar-refractivity contribution in [2.45, 2.75) is 19.9 Å². The van der Waals surface area contributed by atoms with Gasteiger partial charge in [0.15, 0.2) is 28.1 Å². The third kappa shape index (κ3) is 4.52. The molecule has 11 nitrogen and oxygen atoms in total. The van der Waals surface area contributed by atoms with Crippen molar-refractivity contribution in [1.29, 1.82) is 0 Å². The van der Waals surface area contributed by atoms with Gasteiger partial charge in [-0.2, -0.15) is 0 Å². The fourth-order valence-electron chi connectivity index (χ4n) is 4.43. The van der Waals surface area contributed by atoms with E-state index < -0.39 is 29.5 Å². The fourth-order valence-corrected chi connectivity index (χ4v) is 5.41. The first-order valence-corrected chi connectivity index (χ1v) is 12.8. The van der Waals surface area contributed by atoms with E-state index in [0.717, 1.165) is 16.2 Å². The highest BCUT2D eigenvalue weighted by Gasteiger charge is 2.48. The molecule has 0 radical (unpaired) electrons. The summed E-state index contributed by atoms with van der Waals surface area (Å²) in [6.45, 7) is 4.12. The molecule has 12 heteroatoms. The minimum atomic E-state index is -1.16. The van der Waals surface area contributed by atoms with Crippen molar-refractivity contribution < 1.29 is 43.5 Å². The fraction of sp³-hybridized carbons (Fsp3) is 0.259. The molecule has 0 spiro atoms. The molecule has 5 rings (SSSR count). The molecule has 2 aliphatic heterocycles. The van der Waals surface area contributed by atoms with Gasteiger partial charge in [0.05, 0.1) is 31.0 Å². The van der Waals surface area contributed by atoms with Crippen LogP contribution in [-0.2, 0) is 14.3 Å². The molecule has 1 saturated heterocycles. The second kappa shape index (κ2) is 10.3. The van der Waals surface area contributed by atoms with Crippen molar-refractivity contribution in [3.63, 3.8) is 0 Å². The summed E-state index contributed by atoms with van der Waals surface area (Å²) in [4.78, 5) is 45.1. The summed E-state index contributed by atoms with van der Waals surface area (Å²) < 4.78 is 21.5. The number of rotatable bonds is 6. The first kappa shape index (κ1) is 26.0. The Labute approximate surface area is 226 Å². The molecule has 1 unspecified atom stereocenters. The Kier molecular flexibility index (Phi) is 6.87. The predicted octanol–water partition coefficient (Wildman–Crippen LogP) is 3.74. The Balaban J connectivity index is 1.69. The van der Waals surface area contributed by atoms with Gasteiger partial charge in [0.2, 0.25) is 0 Å². The average molecular weight is 553 g/mol. The maximum atomic E-state index is 13.5. The smallest absolute Gasteiger partial charge is 0.350 e. The normalized spacial score (nSPS) is 17.8. The van der Waals surface area contributed by atoms with Crippen LogP contribution in [0.2, 0.25) is 0 Å². The van der Waals surface area contributed by atoms with Crippen LogP contribution in [-0.4, -0.2) is 59.8 Å². The summed E-state index contributed by atoms with van der Waals surface area (Å²) in [7, 11) is 1.36. The summed E-state index contributed by atoms with van der Waals surface area (Å²) in [6.07, 6.45) is 0. The van der Waals surface area contributed by atoms with Gasteiger partial charge in [0, 0.05) is 5.56 Å². The number of thiazole rings is 1. The lowest BCUT2D eigenvalue weighted by Gasteiger charge is -2.24. The number of aliphatic hydroxyl groups is 1. The number of ether oxygens (including phenoxy) is 4. The Morgan fingerprint density at radius 3 is 2.62 bits per heavy atom. The molecule has 39 heavy (non-hydrogen) atoms. The number of amides is 1. The lowest BCUT2D eigenvalue weighted by Crippen LogP contribution is -2.29. The number of anilines is 1. The molecular formula is C27H24N2O9S. The number of hydrogen-bond acceptors (Lipinski definition) is 11. The van der Waals surface area contributed by atoms with E-state index in [1.54, 1.807) is 26.0 Å². The van der Waals surface area contributed by atoms with Gasteiger partial charge >= 0.3 is 11.9 Å². The minimum Gasteiger partial charge on any atom is -0.507 e. The zero-order valence-corrected chi connectivity index (χ0v) is 22.0. The summed E-state index contributed by atoms with van der Waals surface area (Å²) in [6, 6.07) is 7.85. The lowest BCUT2D eigenvalue weighted by atomic mass is 9.95. The summed E-state index contributed by atoms with van der Waals surface area (Å²) in [5.74, 6) is -2.13. The van der Waals surface area contributed by atoms with Crippen LogP contribution in [0.4, 0.5) is 5.13 Å². The third-order valence-electron chi connectivity index (χ3n) is 6.23. The quantitative estimate of drug-likeness (QED) is 0.201. The minimum absolute atomic E-state index is 0.0657. The van der Waals surface area contributed by atoms with E-state index >= 15 is 0 Å². The zero-order valence-electron chi connectivity index (χ0n) is 21.2. The Bertz CT molecular complexity index is 1530. The number of methoxy groups -OCH3 is 1. The van der Waals surface area contributed by atoms with Gasteiger partial charge in [-0.15, -0.1) is 0 Å². The number of carbonyl (C=O) groups is 3. The molecule has 0 aliphatic carbocycles. The van der Waals surface area contributed by atoms with Crippen molar-refractivity contribution in [1.82, 2.24) is 4.98 Å². The number of phenolic OH excluding ortho intramolecular Hbond substituents is 1. The standard InChI is InChI=1S/C27H24N2O9S/c1-4-36-26(34)24-13(2)28-27(39-24)29-21(14-5-7-16(30)18(11-14)35-3)20(23(32)25(29)33)22(31)15-6-8-17-19(12-15)38-10-9-37-17/h5-8,11-12,21,30-31H,4,9-10H2,1-3H3/b22-20+. The van der Waals surface area contributed by atoms with Crippen LogP contribution in [0.15, 0.2) is 42.0 Å². The highest BCUT2D eigenvalue weighted by molar-refractivity contribution is 7.17. The number of fused-ring (bicyclic) bond motifs is 1. The van der Waals surface area contributed by atoms with E-state index in [4.69, 9.17) is 18.9 Å². The first-order chi connectivity index (χ1) is 18.7. The predicted molar refractivity (Wildman–Crippen MR) is 140 cm³/mol. The number of aromatic nitrogens is 1. The second-order valence-electron chi connectivity index (χ2n) is 8.59. The van der Waals surface area contributed by atoms with Gasteiger partial charge in [-0.1, -0.05) is 17.4 Å². The highest BCUT2D eigenvalue weighted by atomic mass is 32.1. The van der Waals surface area contributed by atoms with Gasteiger partial charge < -0.3 is 29.2 Å². The Hall–Kier alpha value is -4.58. The largest absolute Gasteiger partial charge is 0.507 e. The topological polar surface area (TPSA) is 145 Å².